The van der Waals surface area contributed by atoms with Gasteiger partial charge in [-0.2, -0.15) is 4.98 Å². The molecule has 0 atom stereocenters. The summed E-state index contributed by atoms with van der Waals surface area (Å²) in [5, 5.41) is 13.9. The smallest absolute Gasteiger partial charge is 0.222 e. The monoisotopic (exact) mass is 338 g/mol. The van der Waals surface area contributed by atoms with Gasteiger partial charge in [0, 0.05) is 37.3 Å². The molecule has 0 saturated carbocycles. The maximum atomic E-state index is 7.00. The van der Waals surface area contributed by atoms with Crippen LogP contribution in [0.25, 0.3) is 11.3 Å². The second kappa shape index (κ2) is 10.5. The van der Waals surface area contributed by atoms with Crippen LogP contribution in [0, 0.1) is 12.3 Å². The summed E-state index contributed by atoms with van der Waals surface area (Å²) in [6.07, 6.45) is 4.72. The van der Waals surface area contributed by atoms with Crippen molar-refractivity contribution in [2.24, 2.45) is 0 Å². The summed E-state index contributed by atoms with van der Waals surface area (Å²) in [5.41, 5.74) is 14.8. The second-order valence-electron chi connectivity index (χ2n) is 4.83. The molecule has 0 unspecified atom stereocenters. The van der Waals surface area contributed by atoms with Gasteiger partial charge in [-0.25, -0.2) is 4.98 Å². The molecule has 0 fully saturated rings. The Morgan fingerprint density at radius 3 is 2.20 bits per heavy atom. The van der Waals surface area contributed by atoms with Crippen LogP contribution in [0.3, 0.4) is 0 Å². The van der Waals surface area contributed by atoms with Crippen molar-refractivity contribution in [3.63, 3.8) is 0 Å². The molecule has 6 N–H and O–H groups in total. The number of rotatable bonds is 2. The van der Waals surface area contributed by atoms with Gasteiger partial charge >= 0.3 is 0 Å². The number of aliphatic hydroxyl groups is 1. The summed E-state index contributed by atoms with van der Waals surface area (Å²) in [6.45, 7) is 2.02. The number of pyridine rings is 1. The first-order chi connectivity index (χ1) is 12.1. The number of nitrogens with one attached hydrogen (secondary N) is 1. The summed E-state index contributed by atoms with van der Waals surface area (Å²) >= 11 is 0. The Hall–Kier alpha value is -3.32. The van der Waals surface area contributed by atoms with Crippen LogP contribution in [-0.2, 0) is 0 Å². The van der Waals surface area contributed by atoms with Crippen molar-refractivity contribution in [2.75, 3.05) is 18.6 Å². The van der Waals surface area contributed by atoms with E-state index in [1.54, 1.807) is 18.5 Å². The van der Waals surface area contributed by atoms with Crippen molar-refractivity contribution in [1.82, 2.24) is 15.0 Å². The fraction of sp³-hybridized carbons (Fsp3) is 0.111. The van der Waals surface area contributed by atoms with Gasteiger partial charge in [-0.05, 0) is 24.6 Å². The maximum absolute atomic E-state index is 7.00. The zero-order valence-electron chi connectivity index (χ0n) is 14.2. The standard InChI is InChI=1S/C9H9N5.C8H9N.CH4O/c10-8-5-7(13-9(11)14-8)6-1-3-12-4-2-6;1-7-3-2-4-8(5-7)6-9;1-2/h1-5H,(H4,10,11,13,14);2-6,9H,1H3;2H,1H3. The molecule has 2 aromatic heterocycles. The van der Waals surface area contributed by atoms with Gasteiger partial charge in [0.25, 0.3) is 0 Å². The first-order valence-corrected chi connectivity index (χ1v) is 7.41. The molecule has 7 heteroatoms. The predicted octanol–water partition coefficient (Wildman–Crippen LogP) is 2.30. The van der Waals surface area contributed by atoms with E-state index >= 15 is 0 Å². The second-order valence-corrected chi connectivity index (χ2v) is 4.83. The average Bonchev–Trinajstić information content (AvgIpc) is 2.64. The van der Waals surface area contributed by atoms with Crippen molar-refractivity contribution in [1.29, 1.82) is 5.41 Å². The Bertz CT molecular complexity index is 772. The van der Waals surface area contributed by atoms with Gasteiger partial charge in [0.1, 0.15) is 5.82 Å². The van der Waals surface area contributed by atoms with Crippen LogP contribution in [0.4, 0.5) is 11.8 Å². The van der Waals surface area contributed by atoms with E-state index < -0.39 is 0 Å². The third-order valence-corrected chi connectivity index (χ3v) is 2.95. The summed E-state index contributed by atoms with van der Waals surface area (Å²) in [4.78, 5) is 11.8. The number of hydrogen-bond acceptors (Lipinski definition) is 7. The zero-order chi connectivity index (χ0) is 18.7. The highest BCUT2D eigenvalue weighted by molar-refractivity contribution is 5.76. The van der Waals surface area contributed by atoms with E-state index in [-0.39, 0.29) is 5.95 Å². The third-order valence-electron chi connectivity index (χ3n) is 2.95. The van der Waals surface area contributed by atoms with Gasteiger partial charge in [-0.3, -0.25) is 4.98 Å². The number of nitrogens with two attached hydrogens (primary N) is 2. The van der Waals surface area contributed by atoms with Crippen LogP contribution in [-0.4, -0.2) is 33.4 Å². The SMILES string of the molecule is CO.Cc1cccc(C=N)c1.Nc1cc(-c2ccncc2)nc(N)n1. The Balaban J connectivity index is 0.000000246. The van der Waals surface area contributed by atoms with Crippen LogP contribution in [0.15, 0.2) is 54.9 Å². The van der Waals surface area contributed by atoms with Crippen LogP contribution < -0.4 is 11.5 Å². The van der Waals surface area contributed by atoms with Gasteiger partial charge in [0.2, 0.25) is 5.95 Å². The van der Waals surface area contributed by atoms with Crippen molar-refractivity contribution < 1.29 is 5.11 Å². The van der Waals surface area contributed by atoms with Crippen LogP contribution in [0.2, 0.25) is 0 Å². The lowest BCUT2D eigenvalue weighted by Gasteiger charge is -2.01. The number of aliphatic hydroxyl groups excluding tert-OH is 1. The molecule has 0 spiro atoms. The first kappa shape index (κ1) is 19.7. The lowest BCUT2D eigenvalue weighted by molar-refractivity contribution is 0.399. The average molecular weight is 338 g/mol. The molecular formula is C18H22N6O. The van der Waals surface area contributed by atoms with Crippen molar-refractivity contribution >= 4 is 18.0 Å². The topological polar surface area (TPSA) is 135 Å². The summed E-state index contributed by atoms with van der Waals surface area (Å²) in [5.74, 6) is 0.543. The number of hydrogen-bond donors (Lipinski definition) is 4. The number of nitrogens with zero attached hydrogens (tertiary/aromatic N) is 3. The van der Waals surface area contributed by atoms with Crippen molar-refractivity contribution in [3.05, 3.63) is 66.0 Å². The van der Waals surface area contributed by atoms with Gasteiger partial charge < -0.3 is 22.0 Å². The number of aromatic nitrogens is 3. The van der Waals surface area contributed by atoms with E-state index in [1.165, 1.54) is 11.8 Å². The number of nitrogen functional groups attached to an aromatic ring is 2. The van der Waals surface area contributed by atoms with Gasteiger partial charge in [-0.1, -0.05) is 29.8 Å². The van der Waals surface area contributed by atoms with Gasteiger partial charge in [-0.15, -0.1) is 0 Å². The number of benzene rings is 1. The Labute approximate surface area is 146 Å². The zero-order valence-corrected chi connectivity index (χ0v) is 14.2. The molecule has 0 aliphatic rings. The number of anilines is 2. The molecule has 7 nitrogen and oxygen atoms in total. The molecule has 3 aromatic rings. The van der Waals surface area contributed by atoms with Crippen LogP contribution in [0.1, 0.15) is 11.1 Å². The predicted molar refractivity (Wildman–Crippen MR) is 101 cm³/mol. The highest BCUT2D eigenvalue weighted by Gasteiger charge is 2.01. The Kier molecular flexibility index (Phi) is 8.25. The summed E-state index contributed by atoms with van der Waals surface area (Å²) in [7, 11) is 1.00. The van der Waals surface area contributed by atoms with E-state index in [2.05, 4.69) is 15.0 Å². The normalized spacial score (nSPS) is 9.08. The van der Waals surface area contributed by atoms with Crippen LogP contribution in [0.5, 0.6) is 0 Å². The van der Waals surface area contributed by atoms with E-state index in [9.17, 15) is 0 Å². The highest BCUT2D eigenvalue weighted by Crippen LogP contribution is 2.17. The molecule has 0 radical (unpaired) electrons. The fourth-order valence-electron chi connectivity index (χ4n) is 1.92. The molecule has 0 aliphatic carbocycles. The van der Waals surface area contributed by atoms with E-state index in [0.717, 1.165) is 18.2 Å². The molecule has 3 rings (SSSR count). The van der Waals surface area contributed by atoms with E-state index in [0.29, 0.717) is 11.5 Å². The molecule has 2 heterocycles. The molecule has 130 valence electrons. The van der Waals surface area contributed by atoms with Gasteiger partial charge in [0.15, 0.2) is 0 Å². The molecule has 1 aromatic carbocycles. The molecular weight excluding hydrogens is 316 g/mol. The molecule has 0 bridgehead atoms. The largest absolute Gasteiger partial charge is 0.400 e. The van der Waals surface area contributed by atoms with Crippen molar-refractivity contribution in [2.45, 2.75) is 6.92 Å². The maximum Gasteiger partial charge on any atom is 0.222 e. The molecule has 0 saturated heterocycles. The third kappa shape index (κ3) is 6.76. The quantitative estimate of drug-likeness (QED) is 0.530. The van der Waals surface area contributed by atoms with Crippen LogP contribution >= 0.6 is 0 Å². The minimum absolute atomic E-state index is 0.178. The Morgan fingerprint density at radius 1 is 1.00 bits per heavy atom. The molecule has 25 heavy (non-hydrogen) atoms. The summed E-state index contributed by atoms with van der Waals surface area (Å²) < 4.78 is 0. The number of aryl methyl sites for hydroxylation is 1. The minimum atomic E-state index is 0.178. The summed E-state index contributed by atoms with van der Waals surface area (Å²) in [6, 6.07) is 13.2. The highest BCUT2D eigenvalue weighted by atomic mass is 16.2. The fourth-order valence-corrected chi connectivity index (χ4v) is 1.92. The molecule has 0 amide bonds. The minimum Gasteiger partial charge on any atom is -0.400 e. The molecule has 0 aliphatic heterocycles. The Morgan fingerprint density at radius 2 is 1.68 bits per heavy atom. The van der Waals surface area contributed by atoms with Crippen molar-refractivity contribution in [3.8, 4) is 11.3 Å². The lowest BCUT2D eigenvalue weighted by Crippen LogP contribution is -2.00. The lowest BCUT2D eigenvalue weighted by atomic mass is 10.2. The first-order valence-electron chi connectivity index (χ1n) is 7.41. The van der Waals surface area contributed by atoms with E-state index in [4.69, 9.17) is 22.0 Å². The van der Waals surface area contributed by atoms with Gasteiger partial charge in [0.05, 0.1) is 5.69 Å². The van der Waals surface area contributed by atoms with E-state index in [1.807, 2.05) is 43.3 Å².